The molecular weight excluding hydrogens is 278 g/mol. The number of likely N-dealkylation sites (N-methyl/N-ethyl adjacent to an activating group) is 1. The van der Waals surface area contributed by atoms with Crippen LogP contribution < -0.4 is 4.74 Å². The van der Waals surface area contributed by atoms with Crippen molar-refractivity contribution < 1.29 is 14.6 Å². The van der Waals surface area contributed by atoms with E-state index in [4.69, 9.17) is 21.4 Å². The normalized spacial score (nSPS) is 11.2. The van der Waals surface area contributed by atoms with Gasteiger partial charge in [-0.1, -0.05) is 37.6 Å². The Morgan fingerprint density at radius 2 is 2.10 bits per heavy atom. The number of carboxylic acid groups (broad SMARTS) is 1. The lowest BCUT2D eigenvalue weighted by Crippen LogP contribution is -2.28. The lowest BCUT2D eigenvalue weighted by Gasteiger charge is -2.19. The molecule has 0 heterocycles. The lowest BCUT2D eigenvalue weighted by atomic mass is 10.2. The summed E-state index contributed by atoms with van der Waals surface area (Å²) in [4.78, 5) is 12.8. The van der Waals surface area contributed by atoms with Crippen molar-refractivity contribution in [3.05, 3.63) is 34.9 Å². The number of carbonyl (C=O) groups is 1. The largest absolute Gasteiger partial charge is 0.490 e. The predicted octanol–water partition coefficient (Wildman–Crippen LogP) is 3.16. The van der Waals surface area contributed by atoms with Crippen LogP contribution in [0.5, 0.6) is 5.75 Å². The maximum absolute atomic E-state index is 10.6. The Kier molecular flexibility index (Phi) is 7.12. The third-order valence-corrected chi connectivity index (χ3v) is 3.25. The highest BCUT2D eigenvalue weighted by Gasteiger charge is 2.07. The van der Waals surface area contributed by atoms with E-state index in [9.17, 15) is 4.79 Å². The van der Waals surface area contributed by atoms with E-state index in [-0.39, 0.29) is 0 Å². The van der Waals surface area contributed by atoms with E-state index in [0.717, 1.165) is 25.7 Å². The van der Waals surface area contributed by atoms with Gasteiger partial charge in [0.2, 0.25) is 0 Å². The fraction of sp³-hybridized carbons (Fsp3) is 0.400. The fourth-order valence-electron chi connectivity index (χ4n) is 1.79. The van der Waals surface area contributed by atoms with Gasteiger partial charge >= 0.3 is 5.97 Å². The topological polar surface area (TPSA) is 49.8 Å². The molecule has 0 radical (unpaired) electrons. The van der Waals surface area contributed by atoms with Gasteiger partial charge in [-0.15, -0.1) is 0 Å². The molecule has 0 aliphatic rings. The zero-order valence-electron chi connectivity index (χ0n) is 11.8. The Bertz CT molecular complexity index is 470. The summed E-state index contributed by atoms with van der Waals surface area (Å²) in [6.07, 6.45) is 2.56. The van der Waals surface area contributed by atoms with Gasteiger partial charge in [0.15, 0.2) is 0 Å². The average Bonchev–Trinajstić information content (AvgIpc) is 2.43. The monoisotopic (exact) mass is 297 g/mol. The van der Waals surface area contributed by atoms with Gasteiger partial charge in [0.1, 0.15) is 12.4 Å². The Morgan fingerprint density at radius 3 is 2.70 bits per heavy atom. The number of halogens is 1. The summed E-state index contributed by atoms with van der Waals surface area (Å²) >= 11 is 6.11. The van der Waals surface area contributed by atoms with Gasteiger partial charge in [-0.05, 0) is 25.2 Å². The molecule has 0 amide bonds. The van der Waals surface area contributed by atoms with Gasteiger partial charge in [0, 0.05) is 18.2 Å². The van der Waals surface area contributed by atoms with Crippen molar-refractivity contribution in [1.82, 2.24) is 4.90 Å². The maximum Gasteiger partial charge on any atom is 0.328 e. The van der Waals surface area contributed by atoms with E-state index < -0.39 is 5.97 Å². The van der Waals surface area contributed by atoms with E-state index in [0.29, 0.717) is 22.9 Å². The molecule has 0 saturated heterocycles. The number of nitrogens with zero attached hydrogens (tertiary/aromatic N) is 1. The highest BCUT2D eigenvalue weighted by molar-refractivity contribution is 6.32. The molecule has 0 bridgehead atoms. The molecule has 0 aliphatic heterocycles. The number of rotatable bonds is 8. The molecule has 0 saturated carbocycles. The molecule has 1 N–H and O–H groups in total. The van der Waals surface area contributed by atoms with Crippen molar-refractivity contribution in [2.75, 3.05) is 26.2 Å². The predicted molar refractivity (Wildman–Crippen MR) is 81.4 cm³/mol. The van der Waals surface area contributed by atoms with Crippen molar-refractivity contribution in [3.8, 4) is 5.75 Å². The van der Waals surface area contributed by atoms with Crippen LogP contribution in [0.4, 0.5) is 0 Å². The molecule has 0 fully saturated rings. The van der Waals surface area contributed by atoms with Gasteiger partial charge in [-0.2, -0.15) is 0 Å². The zero-order chi connectivity index (χ0) is 15.0. The third kappa shape index (κ3) is 5.23. The second-order valence-corrected chi connectivity index (χ2v) is 4.61. The first kappa shape index (κ1) is 16.5. The van der Waals surface area contributed by atoms with E-state index in [1.54, 1.807) is 18.2 Å². The Hall–Kier alpha value is -1.52. The summed E-state index contributed by atoms with van der Waals surface area (Å²) < 4.78 is 5.72. The van der Waals surface area contributed by atoms with Crippen LogP contribution in [0.15, 0.2) is 24.3 Å². The zero-order valence-corrected chi connectivity index (χ0v) is 12.6. The highest BCUT2D eigenvalue weighted by atomic mass is 35.5. The number of hydrogen-bond donors (Lipinski definition) is 1. The van der Waals surface area contributed by atoms with Crippen LogP contribution in [0, 0.1) is 0 Å². The van der Waals surface area contributed by atoms with Crippen molar-refractivity contribution in [2.45, 2.75) is 13.8 Å². The van der Waals surface area contributed by atoms with E-state index >= 15 is 0 Å². The molecule has 1 aromatic carbocycles. The van der Waals surface area contributed by atoms with Crippen LogP contribution >= 0.6 is 11.6 Å². The second-order valence-electron chi connectivity index (χ2n) is 4.21. The number of aliphatic carboxylic acids is 1. The molecule has 110 valence electrons. The van der Waals surface area contributed by atoms with E-state index in [1.807, 2.05) is 0 Å². The van der Waals surface area contributed by atoms with Gasteiger partial charge in [0.25, 0.3) is 0 Å². The molecular formula is C15H20ClNO3. The van der Waals surface area contributed by atoms with Gasteiger partial charge in [-0.3, -0.25) is 0 Å². The molecule has 4 nitrogen and oxygen atoms in total. The average molecular weight is 298 g/mol. The summed E-state index contributed by atoms with van der Waals surface area (Å²) in [6.45, 7) is 7.45. The van der Waals surface area contributed by atoms with Gasteiger partial charge < -0.3 is 14.7 Å². The smallest absolute Gasteiger partial charge is 0.328 e. The number of carboxylic acids is 1. The quantitative estimate of drug-likeness (QED) is 0.749. The van der Waals surface area contributed by atoms with E-state index in [1.165, 1.54) is 6.08 Å². The second kappa shape index (κ2) is 8.61. The molecule has 0 aliphatic carbocycles. The minimum atomic E-state index is -1.00. The van der Waals surface area contributed by atoms with Gasteiger partial charge in [-0.25, -0.2) is 4.79 Å². The summed E-state index contributed by atoms with van der Waals surface area (Å²) in [5.74, 6) is -0.474. The molecule has 0 spiro atoms. The molecule has 1 rings (SSSR count). The summed E-state index contributed by atoms with van der Waals surface area (Å²) in [5, 5.41) is 9.16. The Morgan fingerprint density at radius 1 is 1.40 bits per heavy atom. The first-order valence-corrected chi connectivity index (χ1v) is 7.01. The molecule has 0 unspecified atom stereocenters. The number of ether oxygens (including phenoxy) is 1. The maximum atomic E-state index is 10.6. The first-order chi connectivity index (χ1) is 9.58. The third-order valence-electron chi connectivity index (χ3n) is 2.95. The van der Waals surface area contributed by atoms with Gasteiger partial charge in [0.05, 0.1) is 5.02 Å². The summed E-state index contributed by atoms with van der Waals surface area (Å²) in [5.41, 5.74) is 0.666. The molecule has 1 aromatic rings. The minimum absolute atomic E-state index is 0.483. The summed E-state index contributed by atoms with van der Waals surface area (Å²) in [6, 6.07) is 5.27. The minimum Gasteiger partial charge on any atom is -0.490 e. The van der Waals surface area contributed by atoms with Crippen LogP contribution in [0.3, 0.4) is 0 Å². The Labute approximate surface area is 124 Å². The molecule has 0 atom stereocenters. The molecule has 0 aromatic heterocycles. The number of benzene rings is 1. The van der Waals surface area contributed by atoms with E-state index in [2.05, 4.69) is 18.7 Å². The lowest BCUT2D eigenvalue weighted by molar-refractivity contribution is -0.131. The fourth-order valence-corrected chi connectivity index (χ4v) is 2.02. The Balaban J connectivity index is 2.75. The number of para-hydroxylation sites is 1. The van der Waals surface area contributed by atoms with Crippen LogP contribution in [0.2, 0.25) is 5.02 Å². The standard InChI is InChI=1S/C15H20ClNO3/c1-3-17(4-2)10-11-20-15-12(8-9-14(18)19)6-5-7-13(15)16/h5-9H,3-4,10-11H2,1-2H3,(H,18,19)/b9-8+. The van der Waals surface area contributed by atoms with Crippen LogP contribution in [-0.4, -0.2) is 42.2 Å². The number of hydrogen-bond acceptors (Lipinski definition) is 3. The van der Waals surface area contributed by atoms with Crippen LogP contribution in [0.25, 0.3) is 6.08 Å². The van der Waals surface area contributed by atoms with Crippen LogP contribution in [-0.2, 0) is 4.79 Å². The van der Waals surface area contributed by atoms with Crippen molar-refractivity contribution in [3.63, 3.8) is 0 Å². The van der Waals surface area contributed by atoms with Crippen molar-refractivity contribution in [2.24, 2.45) is 0 Å². The summed E-state index contributed by atoms with van der Waals surface area (Å²) in [7, 11) is 0. The van der Waals surface area contributed by atoms with Crippen LogP contribution in [0.1, 0.15) is 19.4 Å². The SMILES string of the molecule is CCN(CC)CCOc1c(Cl)cccc1/C=C/C(=O)O. The molecule has 5 heteroatoms. The first-order valence-electron chi connectivity index (χ1n) is 6.63. The highest BCUT2D eigenvalue weighted by Crippen LogP contribution is 2.29. The van der Waals surface area contributed by atoms with Crippen molar-refractivity contribution >= 4 is 23.6 Å². The van der Waals surface area contributed by atoms with Crippen molar-refractivity contribution in [1.29, 1.82) is 0 Å². The molecule has 20 heavy (non-hydrogen) atoms.